The number of aryl methyl sites for hydroxylation is 3. The lowest BCUT2D eigenvalue weighted by Gasteiger charge is -2.15. The predicted molar refractivity (Wildman–Crippen MR) is 86.8 cm³/mol. The Kier molecular flexibility index (Phi) is 4.74. The number of hydrogen-bond acceptors (Lipinski definition) is 6. The molecule has 0 aliphatic rings. The van der Waals surface area contributed by atoms with Gasteiger partial charge in [-0.25, -0.2) is 9.97 Å². The number of rotatable bonds is 5. The maximum atomic E-state index is 11.9. The Labute approximate surface area is 128 Å². The molecule has 4 N–H and O–H groups in total. The first kappa shape index (κ1) is 15.7. The van der Waals surface area contributed by atoms with Crippen LogP contribution in [0.2, 0.25) is 0 Å². The van der Waals surface area contributed by atoms with Crippen LogP contribution in [-0.2, 0) is 4.79 Å². The van der Waals surface area contributed by atoms with Gasteiger partial charge in [-0.05, 0) is 33.3 Å². The van der Waals surface area contributed by atoms with Crippen LogP contribution < -0.4 is 16.4 Å². The van der Waals surface area contributed by atoms with Crippen molar-refractivity contribution in [3.8, 4) is 0 Å². The normalized spacial score (nSPS) is 12.4. The number of carbonyl (C=O) groups excluding carboxylic acids is 1. The summed E-state index contributed by atoms with van der Waals surface area (Å²) in [7, 11) is 0. The fourth-order valence-corrected chi connectivity index (χ4v) is 3.15. The van der Waals surface area contributed by atoms with Crippen LogP contribution in [0.3, 0.4) is 0 Å². The minimum Gasteiger partial charge on any atom is -0.358 e. The van der Waals surface area contributed by atoms with Crippen molar-refractivity contribution in [3.05, 3.63) is 16.3 Å². The van der Waals surface area contributed by atoms with E-state index in [9.17, 15) is 4.79 Å². The van der Waals surface area contributed by atoms with Crippen LogP contribution in [0.15, 0.2) is 0 Å². The van der Waals surface area contributed by atoms with Crippen molar-refractivity contribution < 1.29 is 4.79 Å². The van der Waals surface area contributed by atoms with Crippen molar-refractivity contribution in [1.29, 1.82) is 0 Å². The molecular weight excluding hydrogens is 286 g/mol. The molecule has 0 aliphatic heterocycles. The van der Waals surface area contributed by atoms with Crippen LogP contribution in [0.25, 0.3) is 10.2 Å². The van der Waals surface area contributed by atoms with Gasteiger partial charge in [-0.3, -0.25) is 4.79 Å². The molecule has 2 heterocycles. The fraction of sp³-hybridized carbons (Fsp3) is 0.500. The number of nitrogens with zero attached hydrogens (tertiary/aromatic N) is 2. The number of thiophene rings is 1. The Morgan fingerprint density at radius 2 is 2.05 bits per heavy atom. The number of fused-ring (bicyclic) bond motifs is 1. The Morgan fingerprint density at radius 3 is 2.71 bits per heavy atom. The molecule has 1 unspecified atom stereocenters. The van der Waals surface area contributed by atoms with Crippen LogP contribution in [0.1, 0.15) is 23.2 Å². The quantitative estimate of drug-likeness (QED) is 0.778. The molecule has 0 aliphatic carbocycles. The van der Waals surface area contributed by atoms with Gasteiger partial charge >= 0.3 is 0 Å². The lowest BCUT2D eigenvalue weighted by molar-refractivity contribution is -0.121. The van der Waals surface area contributed by atoms with Gasteiger partial charge in [-0.2, -0.15) is 0 Å². The summed E-state index contributed by atoms with van der Waals surface area (Å²) in [4.78, 5) is 23.0. The monoisotopic (exact) mass is 307 g/mol. The fourth-order valence-electron chi connectivity index (χ4n) is 2.08. The smallest absolute Gasteiger partial charge is 0.242 e. The molecule has 0 fully saturated rings. The summed E-state index contributed by atoms with van der Waals surface area (Å²) < 4.78 is 0. The van der Waals surface area contributed by atoms with Crippen LogP contribution in [0.4, 0.5) is 5.82 Å². The molecular formula is C14H21N5OS. The van der Waals surface area contributed by atoms with Crippen molar-refractivity contribution in [2.75, 3.05) is 18.4 Å². The second-order valence-electron chi connectivity index (χ2n) is 5.03. The predicted octanol–water partition coefficient (Wildman–Crippen LogP) is 1.49. The zero-order chi connectivity index (χ0) is 15.6. The third-order valence-electron chi connectivity index (χ3n) is 3.33. The van der Waals surface area contributed by atoms with E-state index in [1.807, 2.05) is 13.8 Å². The lowest BCUT2D eigenvalue weighted by atomic mass is 10.2. The Balaban J connectivity index is 2.31. The molecule has 7 heteroatoms. The second kappa shape index (κ2) is 6.36. The first-order valence-electron chi connectivity index (χ1n) is 6.92. The van der Waals surface area contributed by atoms with E-state index in [1.165, 1.54) is 4.88 Å². The molecule has 0 saturated carbocycles. The average molecular weight is 307 g/mol. The summed E-state index contributed by atoms with van der Waals surface area (Å²) in [5, 5.41) is 6.96. The summed E-state index contributed by atoms with van der Waals surface area (Å²) in [6.45, 7) is 8.69. The minimum absolute atomic E-state index is 0.0885. The number of anilines is 1. The molecule has 21 heavy (non-hydrogen) atoms. The van der Waals surface area contributed by atoms with Crippen LogP contribution >= 0.6 is 11.3 Å². The number of carbonyl (C=O) groups is 1. The summed E-state index contributed by atoms with van der Waals surface area (Å²) in [6, 6.07) is -0.381. The maximum Gasteiger partial charge on any atom is 0.242 e. The molecule has 2 rings (SSSR count). The maximum absolute atomic E-state index is 11.9. The Bertz CT molecular complexity index is 667. The number of nitrogens with one attached hydrogen (secondary N) is 2. The van der Waals surface area contributed by atoms with Gasteiger partial charge in [0, 0.05) is 18.0 Å². The number of nitrogens with two attached hydrogens (primary N) is 1. The Hall–Kier alpha value is -1.73. The summed E-state index contributed by atoms with van der Waals surface area (Å²) in [6.07, 6.45) is 0. The van der Waals surface area contributed by atoms with Gasteiger partial charge in [0.2, 0.25) is 5.91 Å². The standard InChI is InChI=1S/C14H21N5OS/c1-7-9(3)21-14-11(7)12(18-10(4)19-14)17-8(2)13(20)16-6-5-15/h8H,5-6,15H2,1-4H3,(H,16,20)(H,17,18,19). The molecule has 6 nitrogen and oxygen atoms in total. The highest BCUT2D eigenvalue weighted by Gasteiger charge is 2.18. The van der Waals surface area contributed by atoms with Crippen molar-refractivity contribution in [1.82, 2.24) is 15.3 Å². The molecule has 2 aromatic heterocycles. The average Bonchev–Trinajstić information content (AvgIpc) is 2.70. The zero-order valence-corrected chi connectivity index (χ0v) is 13.6. The van der Waals surface area contributed by atoms with Crippen LogP contribution in [0, 0.1) is 20.8 Å². The van der Waals surface area contributed by atoms with E-state index in [0.717, 1.165) is 21.6 Å². The molecule has 2 aromatic rings. The molecule has 114 valence electrons. The van der Waals surface area contributed by atoms with E-state index in [2.05, 4.69) is 34.4 Å². The highest BCUT2D eigenvalue weighted by atomic mass is 32.1. The van der Waals surface area contributed by atoms with Crippen LogP contribution in [0.5, 0.6) is 0 Å². The molecule has 1 atom stereocenters. The van der Waals surface area contributed by atoms with Crippen molar-refractivity contribution in [2.45, 2.75) is 33.7 Å². The number of aromatic nitrogens is 2. The summed E-state index contributed by atoms with van der Waals surface area (Å²) >= 11 is 1.65. The van der Waals surface area contributed by atoms with Gasteiger partial charge in [-0.15, -0.1) is 11.3 Å². The minimum atomic E-state index is -0.381. The van der Waals surface area contributed by atoms with E-state index in [1.54, 1.807) is 11.3 Å². The van der Waals surface area contributed by atoms with Gasteiger partial charge in [0.05, 0.1) is 5.39 Å². The lowest BCUT2D eigenvalue weighted by Crippen LogP contribution is -2.40. The van der Waals surface area contributed by atoms with Gasteiger partial charge in [0.15, 0.2) is 0 Å². The first-order chi connectivity index (χ1) is 9.93. The van der Waals surface area contributed by atoms with Crippen molar-refractivity contribution >= 4 is 33.3 Å². The highest BCUT2D eigenvalue weighted by molar-refractivity contribution is 7.18. The molecule has 1 amide bonds. The SMILES string of the molecule is Cc1nc(NC(C)C(=O)NCCN)c2c(C)c(C)sc2n1. The molecule has 0 bridgehead atoms. The third-order valence-corrected chi connectivity index (χ3v) is 4.43. The number of amides is 1. The van der Waals surface area contributed by atoms with E-state index >= 15 is 0 Å². The number of hydrogen-bond donors (Lipinski definition) is 3. The molecule has 0 radical (unpaired) electrons. The third kappa shape index (κ3) is 3.30. The van der Waals surface area contributed by atoms with Crippen LogP contribution in [-0.4, -0.2) is 35.0 Å². The van der Waals surface area contributed by atoms with Gasteiger partial charge in [-0.1, -0.05) is 0 Å². The van der Waals surface area contributed by atoms with E-state index in [4.69, 9.17) is 5.73 Å². The van der Waals surface area contributed by atoms with E-state index in [0.29, 0.717) is 18.9 Å². The van der Waals surface area contributed by atoms with Gasteiger partial charge in [0.25, 0.3) is 0 Å². The second-order valence-corrected chi connectivity index (χ2v) is 6.23. The Morgan fingerprint density at radius 1 is 1.33 bits per heavy atom. The van der Waals surface area contributed by atoms with Crippen molar-refractivity contribution in [2.24, 2.45) is 5.73 Å². The molecule has 0 spiro atoms. The van der Waals surface area contributed by atoms with Gasteiger partial charge < -0.3 is 16.4 Å². The van der Waals surface area contributed by atoms with Crippen molar-refractivity contribution in [3.63, 3.8) is 0 Å². The molecule has 0 saturated heterocycles. The summed E-state index contributed by atoms with van der Waals surface area (Å²) in [5.74, 6) is 1.32. The largest absolute Gasteiger partial charge is 0.358 e. The topological polar surface area (TPSA) is 92.9 Å². The molecule has 0 aromatic carbocycles. The zero-order valence-electron chi connectivity index (χ0n) is 12.8. The van der Waals surface area contributed by atoms with E-state index < -0.39 is 0 Å². The first-order valence-corrected chi connectivity index (χ1v) is 7.74. The highest BCUT2D eigenvalue weighted by Crippen LogP contribution is 2.33. The van der Waals surface area contributed by atoms with E-state index in [-0.39, 0.29) is 11.9 Å². The van der Waals surface area contributed by atoms with Gasteiger partial charge in [0.1, 0.15) is 22.5 Å². The summed E-state index contributed by atoms with van der Waals surface area (Å²) in [5.41, 5.74) is 6.55.